The first-order chi connectivity index (χ1) is 10.0. The van der Waals surface area contributed by atoms with Crippen LogP contribution in [0.5, 0.6) is 0 Å². The van der Waals surface area contributed by atoms with Gasteiger partial charge in [0, 0.05) is 30.7 Å². The summed E-state index contributed by atoms with van der Waals surface area (Å²) >= 11 is 0. The van der Waals surface area contributed by atoms with Crippen LogP contribution in [0.25, 0.3) is 0 Å². The molecule has 21 heavy (non-hydrogen) atoms. The zero-order valence-electron chi connectivity index (χ0n) is 11.7. The minimum Gasteiger partial charge on any atom is -0.315 e. The Morgan fingerprint density at radius 3 is 2.05 bits per heavy atom. The van der Waals surface area contributed by atoms with Gasteiger partial charge in [-0.15, -0.1) is 0 Å². The predicted molar refractivity (Wildman–Crippen MR) is 78.8 cm³/mol. The van der Waals surface area contributed by atoms with Gasteiger partial charge in [0.05, 0.1) is 11.3 Å². The lowest BCUT2D eigenvalue weighted by Crippen LogP contribution is -2.28. The molecule has 104 valence electrons. The molecule has 0 heterocycles. The van der Waals surface area contributed by atoms with Crippen LogP contribution in [-0.2, 0) is 4.79 Å². The van der Waals surface area contributed by atoms with E-state index in [4.69, 9.17) is 0 Å². The lowest BCUT2D eigenvalue weighted by Gasteiger charge is -2.24. The van der Waals surface area contributed by atoms with E-state index in [2.05, 4.69) is 0 Å². The van der Waals surface area contributed by atoms with Crippen molar-refractivity contribution in [2.75, 3.05) is 11.9 Å². The summed E-state index contributed by atoms with van der Waals surface area (Å²) in [6, 6.07) is 11.8. The highest BCUT2D eigenvalue weighted by Crippen LogP contribution is 2.33. The quantitative estimate of drug-likeness (QED) is 0.687. The van der Waals surface area contributed by atoms with Gasteiger partial charge >= 0.3 is 0 Å². The molecule has 0 spiro atoms. The Balaban J connectivity index is 2.29. The molecule has 2 aromatic carbocycles. The fraction of sp³-hybridized carbons (Fsp3) is 0.118. The van der Waals surface area contributed by atoms with Crippen molar-refractivity contribution < 1.29 is 14.4 Å². The smallest absolute Gasteiger partial charge is 0.223 e. The van der Waals surface area contributed by atoms with Crippen molar-refractivity contribution in [2.24, 2.45) is 0 Å². The first-order valence-electron chi connectivity index (χ1n) is 6.58. The van der Waals surface area contributed by atoms with Crippen molar-refractivity contribution in [1.29, 1.82) is 0 Å². The van der Waals surface area contributed by atoms with Gasteiger partial charge in [-0.25, -0.2) is 0 Å². The maximum Gasteiger partial charge on any atom is 0.223 e. The van der Waals surface area contributed by atoms with Crippen LogP contribution in [0.3, 0.4) is 0 Å². The highest BCUT2D eigenvalue weighted by molar-refractivity contribution is 6.30. The van der Waals surface area contributed by atoms with E-state index >= 15 is 0 Å². The molecule has 0 unspecified atom stereocenters. The number of hydrogen-bond donors (Lipinski definition) is 0. The van der Waals surface area contributed by atoms with Crippen molar-refractivity contribution in [3.8, 4) is 0 Å². The molecule has 0 bridgehead atoms. The second-order valence-corrected chi connectivity index (χ2v) is 4.98. The summed E-state index contributed by atoms with van der Waals surface area (Å²) in [5.74, 6) is -0.592. The molecule has 3 rings (SSSR count). The van der Waals surface area contributed by atoms with Crippen LogP contribution in [0.2, 0.25) is 0 Å². The number of hydrogen-bond acceptors (Lipinski definition) is 3. The lowest BCUT2D eigenvalue weighted by molar-refractivity contribution is -0.116. The third-order valence-corrected chi connectivity index (χ3v) is 3.76. The van der Waals surface area contributed by atoms with Gasteiger partial charge in [-0.1, -0.05) is 36.4 Å². The molecule has 1 aliphatic rings. The summed E-state index contributed by atoms with van der Waals surface area (Å²) in [5, 5.41) is 0. The molecule has 0 N–H and O–H groups in total. The zero-order chi connectivity index (χ0) is 15.1. The van der Waals surface area contributed by atoms with Gasteiger partial charge in [0.15, 0.2) is 11.6 Å². The van der Waals surface area contributed by atoms with Crippen molar-refractivity contribution >= 4 is 23.2 Å². The molecule has 4 nitrogen and oxygen atoms in total. The Morgan fingerprint density at radius 1 is 0.857 bits per heavy atom. The Hall–Kier alpha value is -2.75. The normalized spacial score (nSPS) is 12.7. The molecule has 0 fully saturated rings. The monoisotopic (exact) mass is 279 g/mol. The van der Waals surface area contributed by atoms with Crippen LogP contribution in [0.15, 0.2) is 42.5 Å². The molecule has 0 radical (unpaired) electrons. The summed E-state index contributed by atoms with van der Waals surface area (Å²) < 4.78 is 0. The fourth-order valence-corrected chi connectivity index (χ4v) is 2.58. The number of carbonyl (C=O) groups is 3. The number of carbonyl (C=O) groups excluding carboxylic acids is 3. The largest absolute Gasteiger partial charge is 0.315 e. The Labute approximate surface area is 122 Å². The highest BCUT2D eigenvalue weighted by atomic mass is 16.2. The zero-order valence-corrected chi connectivity index (χ0v) is 11.7. The van der Waals surface area contributed by atoms with Gasteiger partial charge in [-0.2, -0.15) is 0 Å². The Bertz CT molecular complexity index is 792. The van der Waals surface area contributed by atoms with Crippen molar-refractivity contribution in [3.05, 3.63) is 64.7 Å². The predicted octanol–water partition coefficient (Wildman–Crippen LogP) is 2.44. The SMILES string of the molecule is CC(=O)N(C)c1cccc2c1C(=O)c1ccccc1C2=O. The van der Waals surface area contributed by atoms with Crippen LogP contribution in [0.1, 0.15) is 38.8 Å². The number of nitrogens with zero attached hydrogens (tertiary/aromatic N) is 1. The lowest BCUT2D eigenvalue weighted by atomic mass is 9.83. The number of ketones is 2. The van der Waals surface area contributed by atoms with Crippen LogP contribution in [0.4, 0.5) is 5.69 Å². The number of anilines is 1. The molecule has 2 aromatic rings. The van der Waals surface area contributed by atoms with Gasteiger partial charge < -0.3 is 4.90 Å². The molecular weight excluding hydrogens is 266 g/mol. The third-order valence-electron chi connectivity index (χ3n) is 3.76. The summed E-state index contributed by atoms with van der Waals surface area (Å²) in [4.78, 5) is 38.2. The molecule has 0 aliphatic heterocycles. The maximum atomic E-state index is 12.7. The minimum atomic E-state index is -0.219. The van der Waals surface area contributed by atoms with Gasteiger partial charge in [0.1, 0.15) is 0 Å². The second kappa shape index (κ2) is 4.66. The molecule has 0 saturated heterocycles. The van der Waals surface area contributed by atoms with Crippen LogP contribution < -0.4 is 4.90 Å². The standard InChI is InChI=1S/C17H13NO3/c1-10(19)18(2)14-9-5-8-13-15(14)17(21)12-7-4-3-6-11(12)16(13)20/h3-9H,1-2H3. The van der Waals surface area contributed by atoms with Crippen molar-refractivity contribution in [3.63, 3.8) is 0 Å². The van der Waals surface area contributed by atoms with E-state index in [9.17, 15) is 14.4 Å². The summed E-state index contributed by atoms with van der Waals surface area (Å²) in [6.07, 6.45) is 0. The van der Waals surface area contributed by atoms with Gasteiger partial charge in [0.2, 0.25) is 5.91 Å². The molecule has 1 amide bonds. The van der Waals surface area contributed by atoms with E-state index in [0.29, 0.717) is 27.9 Å². The van der Waals surface area contributed by atoms with E-state index in [-0.39, 0.29) is 17.5 Å². The fourth-order valence-electron chi connectivity index (χ4n) is 2.58. The first-order valence-corrected chi connectivity index (χ1v) is 6.58. The average molecular weight is 279 g/mol. The first kappa shape index (κ1) is 13.2. The molecule has 4 heteroatoms. The Morgan fingerprint density at radius 2 is 1.43 bits per heavy atom. The van der Waals surface area contributed by atoms with E-state index in [1.165, 1.54) is 11.8 Å². The van der Waals surface area contributed by atoms with Crippen LogP contribution in [-0.4, -0.2) is 24.5 Å². The summed E-state index contributed by atoms with van der Waals surface area (Å²) in [5.41, 5.74) is 1.92. The van der Waals surface area contributed by atoms with Gasteiger partial charge in [0.25, 0.3) is 0 Å². The van der Waals surface area contributed by atoms with Crippen molar-refractivity contribution in [1.82, 2.24) is 0 Å². The summed E-state index contributed by atoms with van der Waals surface area (Å²) in [6.45, 7) is 1.42. The maximum absolute atomic E-state index is 12.7. The highest BCUT2D eigenvalue weighted by Gasteiger charge is 2.32. The van der Waals surface area contributed by atoms with Crippen molar-refractivity contribution in [2.45, 2.75) is 6.92 Å². The molecular formula is C17H13NO3. The van der Waals surface area contributed by atoms with Crippen LogP contribution >= 0.6 is 0 Å². The molecule has 0 saturated carbocycles. The van der Waals surface area contributed by atoms with E-state index in [0.717, 1.165) is 0 Å². The van der Waals surface area contributed by atoms with E-state index in [1.54, 1.807) is 49.5 Å². The number of fused-ring (bicyclic) bond motifs is 2. The van der Waals surface area contributed by atoms with Gasteiger partial charge in [-0.3, -0.25) is 14.4 Å². The van der Waals surface area contributed by atoms with E-state index < -0.39 is 0 Å². The minimum absolute atomic E-state index is 0.181. The van der Waals surface area contributed by atoms with E-state index in [1.807, 2.05) is 0 Å². The van der Waals surface area contributed by atoms with Crippen LogP contribution in [0, 0.1) is 0 Å². The molecule has 1 aliphatic carbocycles. The second-order valence-electron chi connectivity index (χ2n) is 4.98. The summed E-state index contributed by atoms with van der Waals surface area (Å²) in [7, 11) is 1.59. The molecule has 0 atom stereocenters. The average Bonchev–Trinajstić information content (AvgIpc) is 2.51. The van der Waals surface area contributed by atoms with Gasteiger partial charge in [-0.05, 0) is 6.07 Å². The third kappa shape index (κ3) is 1.88. The number of rotatable bonds is 1. The number of amides is 1. The number of benzene rings is 2. The topological polar surface area (TPSA) is 54.5 Å². The Kier molecular flexibility index (Phi) is 2.94. The molecule has 0 aromatic heterocycles.